The van der Waals surface area contributed by atoms with E-state index >= 15 is 0 Å². The van der Waals surface area contributed by atoms with Gasteiger partial charge in [0.25, 0.3) is 0 Å². The number of urea groups is 1. The first-order valence-electron chi connectivity index (χ1n) is 6.97. The molecule has 2 amide bonds. The summed E-state index contributed by atoms with van der Waals surface area (Å²) in [5, 5.41) is 2.89. The van der Waals surface area contributed by atoms with Gasteiger partial charge < -0.3 is 15.0 Å². The third-order valence-corrected chi connectivity index (χ3v) is 3.21. The molecule has 0 fully saturated rings. The van der Waals surface area contributed by atoms with E-state index < -0.39 is 0 Å². The lowest BCUT2D eigenvalue weighted by atomic mass is 10.2. The summed E-state index contributed by atoms with van der Waals surface area (Å²) in [6, 6.07) is 17.2. The number of methoxy groups -OCH3 is 1. The van der Waals surface area contributed by atoms with Crippen LogP contribution in [0.3, 0.4) is 0 Å². The van der Waals surface area contributed by atoms with Crippen LogP contribution in [-0.4, -0.2) is 24.6 Å². The molecule has 0 aromatic heterocycles. The number of nitrogens with one attached hydrogen (secondary N) is 1. The predicted octanol–water partition coefficient (Wildman–Crippen LogP) is 3.75. The van der Waals surface area contributed by atoms with Crippen molar-refractivity contribution >= 4 is 11.7 Å². The van der Waals surface area contributed by atoms with Crippen molar-refractivity contribution in [1.82, 2.24) is 4.90 Å². The molecule has 0 radical (unpaired) electrons. The molecular formula is C17H20N2O2. The number of carbonyl (C=O) groups is 1. The van der Waals surface area contributed by atoms with Gasteiger partial charge in [-0.2, -0.15) is 0 Å². The largest absolute Gasteiger partial charge is 0.497 e. The van der Waals surface area contributed by atoms with E-state index in [2.05, 4.69) is 5.32 Å². The highest BCUT2D eigenvalue weighted by atomic mass is 16.5. The number of amides is 2. The summed E-state index contributed by atoms with van der Waals surface area (Å²) < 4.78 is 5.15. The van der Waals surface area contributed by atoms with Gasteiger partial charge in [-0.25, -0.2) is 4.79 Å². The lowest BCUT2D eigenvalue weighted by Crippen LogP contribution is -2.34. The van der Waals surface area contributed by atoms with E-state index in [-0.39, 0.29) is 6.03 Å². The minimum atomic E-state index is -0.116. The number of benzene rings is 2. The topological polar surface area (TPSA) is 41.6 Å². The summed E-state index contributed by atoms with van der Waals surface area (Å²) in [7, 11) is 1.61. The first-order valence-corrected chi connectivity index (χ1v) is 6.97. The van der Waals surface area contributed by atoms with Gasteiger partial charge in [-0.1, -0.05) is 36.4 Å². The number of anilines is 1. The molecule has 110 valence electrons. The third-order valence-electron chi connectivity index (χ3n) is 3.21. The highest BCUT2D eigenvalue weighted by molar-refractivity contribution is 5.89. The van der Waals surface area contributed by atoms with Crippen molar-refractivity contribution < 1.29 is 9.53 Å². The van der Waals surface area contributed by atoms with Gasteiger partial charge >= 0.3 is 6.03 Å². The average Bonchev–Trinajstić information content (AvgIpc) is 2.53. The molecule has 0 saturated carbocycles. The molecule has 2 aromatic carbocycles. The molecule has 0 unspecified atom stereocenters. The molecular weight excluding hydrogens is 264 g/mol. The molecule has 0 heterocycles. The normalized spacial score (nSPS) is 10.0. The number of carbonyl (C=O) groups excluding carboxylic acids is 1. The molecule has 0 atom stereocenters. The van der Waals surface area contributed by atoms with Crippen molar-refractivity contribution in [2.75, 3.05) is 19.0 Å². The van der Waals surface area contributed by atoms with Crippen LogP contribution < -0.4 is 10.1 Å². The number of rotatable bonds is 5. The van der Waals surface area contributed by atoms with Gasteiger partial charge in [-0.15, -0.1) is 0 Å². The monoisotopic (exact) mass is 284 g/mol. The molecule has 21 heavy (non-hydrogen) atoms. The smallest absolute Gasteiger partial charge is 0.322 e. The quantitative estimate of drug-likeness (QED) is 0.908. The highest BCUT2D eigenvalue weighted by Crippen LogP contribution is 2.17. The summed E-state index contributed by atoms with van der Waals surface area (Å²) in [4.78, 5) is 14.1. The molecule has 0 aliphatic carbocycles. The molecule has 2 aromatic rings. The maximum absolute atomic E-state index is 12.3. The minimum Gasteiger partial charge on any atom is -0.497 e. The van der Waals surface area contributed by atoms with Crippen LogP contribution >= 0.6 is 0 Å². The second-order valence-corrected chi connectivity index (χ2v) is 4.66. The van der Waals surface area contributed by atoms with E-state index in [1.165, 1.54) is 0 Å². The fourth-order valence-corrected chi connectivity index (χ4v) is 2.03. The average molecular weight is 284 g/mol. The predicted molar refractivity (Wildman–Crippen MR) is 84.5 cm³/mol. The van der Waals surface area contributed by atoms with Gasteiger partial charge in [0.05, 0.1) is 7.11 Å². The summed E-state index contributed by atoms with van der Waals surface area (Å²) >= 11 is 0. The molecule has 0 spiro atoms. The lowest BCUT2D eigenvalue weighted by molar-refractivity contribution is 0.212. The van der Waals surface area contributed by atoms with E-state index in [9.17, 15) is 4.79 Å². The molecule has 0 aliphatic heterocycles. The summed E-state index contributed by atoms with van der Waals surface area (Å²) in [5.74, 6) is 0.721. The molecule has 4 nitrogen and oxygen atoms in total. The van der Waals surface area contributed by atoms with E-state index in [0.29, 0.717) is 13.1 Å². The Hall–Kier alpha value is -2.49. The molecule has 1 N–H and O–H groups in total. The number of nitrogens with zero attached hydrogens (tertiary/aromatic N) is 1. The summed E-state index contributed by atoms with van der Waals surface area (Å²) in [5.41, 5.74) is 1.84. The van der Waals surface area contributed by atoms with E-state index in [1.54, 1.807) is 18.1 Å². The first kappa shape index (κ1) is 14.9. The van der Waals surface area contributed by atoms with Gasteiger partial charge in [-0.3, -0.25) is 0 Å². The van der Waals surface area contributed by atoms with Crippen LogP contribution in [0.2, 0.25) is 0 Å². The highest BCUT2D eigenvalue weighted by Gasteiger charge is 2.12. The zero-order valence-corrected chi connectivity index (χ0v) is 12.4. The van der Waals surface area contributed by atoms with Crippen molar-refractivity contribution in [3.8, 4) is 5.75 Å². The van der Waals surface area contributed by atoms with Gasteiger partial charge in [0.2, 0.25) is 0 Å². The van der Waals surface area contributed by atoms with Crippen LogP contribution in [0.1, 0.15) is 12.5 Å². The van der Waals surface area contributed by atoms with Crippen LogP contribution in [0.5, 0.6) is 5.75 Å². The zero-order chi connectivity index (χ0) is 15.1. The Bertz CT molecular complexity index is 584. The number of ether oxygens (including phenoxy) is 1. The van der Waals surface area contributed by atoms with Gasteiger partial charge in [0.1, 0.15) is 5.75 Å². The Labute approximate surface area is 125 Å². The number of hydrogen-bond donors (Lipinski definition) is 1. The molecule has 0 bridgehead atoms. The van der Waals surface area contributed by atoms with E-state index in [1.807, 2.05) is 55.5 Å². The molecule has 0 saturated heterocycles. The van der Waals surface area contributed by atoms with Crippen molar-refractivity contribution in [2.24, 2.45) is 0 Å². The van der Waals surface area contributed by atoms with Crippen molar-refractivity contribution in [3.05, 3.63) is 60.2 Å². The fourth-order valence-electron chi connectivity index (χ4n) is 2.03. The summed E-state index contributed by atoms with van der Waals surface area (Å²) in [6.07, 6.45) is 0. The Kier molecular flexibility index (Phi) is 5.21. The molecule has 4 heteroatoms. The summed E-state index contributed by atoms with van der Waals surface area (Å²) in [6.45, 7) is 3.20. The number of hydrogen-bond acceptors (Lipinski definition) is 2. The van der Waals surface area contributed by atoms with Crippen LogP contribution in [0.15, 0.2) is 54.6 Å². The van der Waals surface area contributed by atoms with Crippen LogP contribution in [0.25, 0.3) is 0 Å². The van der Waals surface area contributed by atoms with Crippen LogP contribution in [-0.2, 0) is 6.54 Å². The maximum atomic E-state index is 12.3. The Morgan fingerprint density at radius 3 is 2.57 bits per heavy atom. The van der Waals surface area contributed by atoms with E-state index in [0.717, 1.165) is 17.0 Å². The SMILES string of the molecule is CCN(Cc1ccccc1)C(=O)Nc1cccc(OC)c1. The Morgan fingerprint density at radius 2 is 1.90 bits per heavy atom. The van der Waals surface area contributed by atoms with Crippen molar-refractivity contribution in [2.45, 2.75) is 13.5 Å². The van der Waals surface area contributed by atoms with Gasteiger partial charge in [0.15, 0.2) is 0 Å². The third kappa shape index (κ3) is 4.24. The Balaban J connectivity index is 2.02. The maximum Gasteiger partial charge on any atom is 0.322 e. The lowest BCUT2D eigenvalue weighted by Gasteiger charge is -2.21. The van der Waals surface area contributed by atoms with Crippen molar-refractivity contribution in [1.29, 1.82) is 0 Å². The second-order valence-electron chi connectivity index (χ2n) is 4.66. The molecule has 0 aliphatic rings. The van der Waals surface area contributed by atoms with Crippen LogP contribution in [0, 0.1) is 0 Å². The standard InChI is InChI=1S/C17H20N2O2/c1-3-19(13-14-8-5-4-6-9-14)17(20)18-15-10-7-11-16(12-15)21-2/h4-12H,3,13H2,1-2H3,(H,18,20). The fraction of sp³-hybridized carbons (Fsp3) is 0.235. The zero-order valence-electron chi connectivity index (χ0n) is 12.4. The van der Waals surface area contributed by atoms with Gasteiger partial charge in [-0.05, 0) is 24.6 Å². The van der Waals surface area contributed by atoms with Crippen molar-refractivity contribution in [3.63, 3.8) is 0 Å². The van der Waals surface area contributed by atoms with Crippen LogP contribution in [0.4, 0.5) is 10.5 Å². The Morgan fingerprint density at radius 1 is 1.14 bits per heavy atom. The van der Waals surface area contributed by atoms with Gasteiger partial charge in [0, 0.05) is 24.8 Å². The molecule has 2 rings (SSSR count). The minimum absolute atomic E-state index is 0.116. The first-order chi connectivity index (χ1) is 10.2. The second kappa shape index (κ2) is 7.33. The van der Waals surface area contributed by atoms with E-state index in [4.69, 9.17) is 4.74 Å².